The third-order valence-corrected chi connectivity index (χ3v) is 4.25. The Morgan fingerprint density at radius 2 is 2.26 bits per heavy atom. The molecule has 2 atom stereocenters. The fourth-order valence-corrected chi connectivity index (χ4v) is 3.05. The van der Waals surface area contributed by atoms with Crippen molar-refractivity contribution in [1.29, 1.82) is 0 Å². The summed E-state index contributed by atoms with van der Waals surface area (Å²) in [6.45, 7) is 1.99. The lowest BCUT2D eigenvalue weighted by atomic mass is 9.93. The normalized spacial score (nSPS) is 20.6. The molecule has 1 aromatic rings. The van der Waals surface area contributed by atoms with Gasteiger partial charge in [-0.25, -0.2) is 0 Å². The number of halogens is 1. The largest absolute Gasteiger partial charge is 0.378 e. The van der Waals surface area contributed by atoms with Crippen molar-refractivity contribution in [3.63, 3.8) is 0 Å². The van der Waals surface area contributed by atoms with Gasteiger partial charge in [-0.05, 0) is 63.2 Å². The van der Waals surface area contributed by atoms with Gasteiger partial charge in [0, 0.05) is 11.6 Å². The highest BCUT2D eigenvalue weighted by Crippen LogP contribution is 2.24. The van der Waals surface area contributed by atoms with Crippen LogP contribution < -0.4 is 5.32 Å². The van der Waals surface area contributed by atoms with Crippen LogP contribution in [0.25, 0.3) is 0 Å². The van der Waals surface area contributed by atoms with Gasteiger partial charge in [0.15, 0.2) is 0 Å². The average molecular weight is 282 g/mol. The lowest BCUT2D eigenvalue weighted by Crippen LogP contribution is -2.22. The van der Waals surface area contributed by atoms with E-state index < -0.39 is 0 Å². The highest BCUT2D eigenvalue weighted by Gasteiger charge is 2.18. The molecule has 0 bridgehead atoms. The Balaban J connectivity index is 1.86. The minimum atomic E-state index is 0.491. The van der Waals surface area contributed by atoms with Crippen molar-refractivity contribution in [2.75, 3.05) is 20.2 Å². The monoisotopic (exact) mass is 281 g/mol. The number of hydrogen-bond acceptors (Lipinski definition) is 2. The first-order valence-electron chi connectivity index (χ1n) is 7.29. The maximum Gasteiger partial charge on any atom is 0.0576 e. The van der Waals surface area contributed by atoms with E-state index in [9.17, 15) is 0 Å². The zero-order valence-electron chi connectivity index (χ0n) is 11.7. The molecule has 106 valence electrons. The minimum absolute atomic E-state index is 0.491. The molecular weight excluding hydrogens is 258 g/mol. The summed E-state index contributed by atoms with van der Waals surface area (Å²) >= 11 is 6.25. The van der Waals surface area contributed by atoms with Crippen LogP contribution >= 0.6 is 11.6 Å². The quantitative estimate of drug-likeness (QED) is 0.823. The van der Waals surface area contributed by atoms with Crippen LogP contribution in [0, 0.1) is 5.92 Å². The van der Waals surface area contributed by atoms with Gasteiger partial charge in [0.25, 0.3) is 0 Å². The molecule has 1 saturated heterocycles. The Morgan fingerprint density at radius 3 is 2.95 bits per heavy atom. The molecule has 0 spiro atoms. The molecule has 1 aliphatic heterocycles. The van der Waals surface area contributed by atoms with Crippen LogP contribution in [0.1, 0.15) is 31.2 Å². The third kappa shape index (κ3) is 4.79. The van der Waals surface area contributed by atoms with E-state index in [4.69, 9.17) is 16.3 Å². The average Bonchev–Trinajstić information content (AvgIpc) is 2.92. The van der Waals surface area contributed by atoms with E-state index in [2.05, 4.69) is 17.4 Å². The van der Waals surface area contributed by atoms with E-state index >= 15 is 0 Å². The molecule has 0 amide bonds. The first kappa shape index (κ1) is 14.8. The van der Waals surface area contributed by atoms with E-state index in [0.29, 0.717) is 12.0 Å². The Morgan fingerprint density at radius 1 is 1.42 bits per heavy atom. The molecule has 1 heterocycles. The van der Waals surface area contributed by atoms with Crippen LogP contribution in [0.3, 0.4) is 0 Å². The smallest absolute Gasteiger partial charge is 0.0576 e. The number of nitrogens with one attached hydrogen (secondary N) is 1. The molecule has 0 saturated carbocycles. The number of benzene rings is 1. The maximum atomic E-state index is 6.25. The van der Waals surface area contributed by atoms with Crippen LogP contribution in [0.4, 0.5) is 0 Å². The minimum Gasteiger partial charge on any atom is -0.378 e. The van der Waals surface area contributed by atoms with Crippen molar-refractivity contribution in [3.8, 4) is 0 Å². The van der Waals surface area contributed by atoms with E-state index in [1.807, 2.05) is 19.2 Å². The Kier molecular flexibility index (Phi) is 6.15. The van der Waals surface area contributed by atoms with Crippen molar-refractivity contribution < 1.29 is 4.74 Å². The molecule has 0 aromatic heterocycles. The summed E-state index contributed by atoms with van der Waals surface area (Å²) in [4.78, 5) is 0. The van der Waals surface area contributed by atoms with Gasteiger partial charge in [0.1, 0.15) is 0 Å². The molecule has 2 nitrogen and oxygen atoms in total. The standard InChI is InChI=1S/C16H24ClNO/c1-18-12-13(8-9-15-6-4-10-19-15)11-14-5-2-3-7-16(14)17/h2-3,5,7,13,15,18H,4,6,8-12H2,1H3. The predicted octanol–water partition coefficient (Wildman–Crippen LogP) is 3.68. The predicted molar refractivity (Wildman–Crippen MR) is 80.8 cm³/mol. The molecule has 1 aromatic carbocycles. The fourth-order valence-electron chi connectivity index (χ4n) is 2.83. The molecule has 0 radical (unpaired) electrons. The highest BCUT2D eigenvalue weighted by molar-refractivity contribution is 6.31. The van der Waals surface area contributed by atoms with Crippen molar-refractivity contribution in [2.24, 2.45) is 5.92 Å². The van der Waals surface area contributed by atoms with Gasteiger partial charge in [-0.1, -0.05) is 29.8 Å². The van der Waals surface area contributed by atoms with Crippen LogP contribution in [0.15, 0.2) is 24.3 Å². The lowest BCUT2D eigenvalue weighted by Gasteiger charge is -2.19. The van der Waals surface area contributed by atoms with Gasteiger partial charge in [-0.3, -0.25) is 0 Å². The summed E-state index contributed by atoms with van der Waals surface area (Å²) in [5.41, 5.74) is 1.26. The van der Waals surface area contributed by atoms with Gasteiger partial charge >= 0.3 is 0 Å². The van der Waals surface area contributed by atoms with Gasteiger partial charge in [-0.2, -0.15) is 0 Å². The zero-order chi connectivity index (χ0) is 13.5. The van der Waals surface area contributed by atoms with E-state index in [0.717, 1.165) is 24.6 Å². The summed E-state index contributed by atoms with van der Waals surface area (Å²) < 4.78 is 5.71. The zero-order valence-corrected chi connectivity index (χ0v) is 12.5. The molecule has 1 N–H and O–H groups in total. The first-order chi connectivity index (χ1) is 9.29. The van der Waals surface area contributed by atoms with Crippen LogP contribution in [0.2, 0.25) is 5.02 Å². The van der Waals surface area contributed by atoms with Gasteiger partial charge in [-0.15, -0.1) is 0 Å². The summed E-state index contributed by atoms with van der Waals surface area (Å²) in [7, 11) is 2.02. The van der Waals surface area contributed by atoms with E-state index in [1.54, 1.807) is 0 Å². The first-order valence-corrected chi connectivity index (χ1v) is 7.67. The Bertz CT molecular complexity index is 377. The summed E-state index contributed by atoms with van der Waals surface area (Å²) in [5, 5.41) is 4.19. The summed E-state index contributed by atoms with van der Waals surface area (Å²) in [6.07, 6.45) is 6.39. The molecular formula is C16H24ClNO. The summed E-state index contributed by atoms with van der Waals surface area (Å²) in [5.74, 6) is 0.633. The van der Waals surface area contributed by atoms with Crippen molar-refractivity contribution in [2.45, 2.75) is 38.2 Å². The Labute approximate surface area is 121 Å². The highest BCUT2D eigenvalue weighted by atomic mass is 35.5. The third-order valence-electron chi connectivity index (χ3n) is 3.88. The van der Waals surface area contributed by atoms with Gasteiger partial charge < -0.3 is 10.1 Å². The maximum absolute atomic E-state index is 6.25. The summed E-state index contributed by atoms with van der Waals surface area (Å²) in [6, 6.07) is 8.17. The van der Waals surface area contributed by atoms with Gasteiger partial charge in [0.05, 0.1) is 6.10 Å². The molecule has 2 unspecified atom stereocenters. The van der Waals surface area contributed by atoms with E-state index in [1.165, 1.54) is 31.2 Å². The van der Waals surface area contributed by atoms with Crippen molar-refractivity contribution in [3.05, 3.63) is 34.9 Å². The second-order valence-electron chi connectivity index (χ2n) is 5.43. The Hall–Kier alpha value is -0.570. The van der Waals surface area contributed by atoms with E-state index in [-0.39, 0.29) is 0 Å². The molecule has 0 aliphatic carbocycles. The molecule has 1 aliphatic rings. The lowest BCUT2D eigenvalue weighted by molar-refractivity contribution is 0.0980. The van der Waals surface area contributed by atoms with Gasteiger partial charge in [0.2, 0.25) is 0 Å². The number of ether oxygens (including phenoxy) is 1. The topological polar surface area (TPSA) is 21.3 Å². The van der Waals surface area contributed by atoms with Crippen LogP contribution in [-0.4, -0.2) is 26.3 Å². The fraction of sp³-hybridized carbons (Fsp3) is 0.625. The van der Waals surface area contributed by atoms with Crippen molar-refractivity contribution in [1.82, 2.24) is 5.32 Å². The van der Waals surface area contributed by atoms with Crippen LogP contribution in [0.5, 0.6) is 0 Å². The number of rotatable bonds is 7. The van der Waals surface area contributed by atoms with Crippen molar-refractivity contribution >= 4 is 11.6 Å². The molecule has 19 heavy (non-hydrogen) atoms. The SMILES string of the molecule is CNCC(CCC1CCCO1)Cc1ccccc1Cl. The second-order valence-corrected chi connectivity index (χ2v) is 5.84. The molecule has 2 rings (SSSR count). The second kappa shape index (κ2) is 7.88. The molecule has 3 heteroatoms. The van der Waals surface area contributed by atoms with Crippen LogP contribution in [-0.2, 0) is 11.2 Å². The number of hydrogen-bond donors (Lipinski definition) is 1. The molecule has 1 fully saturated rings.